The number of benzene rings is 2. The Labute approximate surface area is 163 Å². The molecular weight excluding hydrogens is 358 g/mol. The van der Waals surface area contributed by atoms with E-state index in [9.17, 15) is 9.59 Å². The summed E-state index contributed by atoms with van der Waals surface area (Å²) in [5.41, 5.74) is 4.84. The smallest absolute Gasteiger partial charge is 0.242 e. The molecule has 0 unspecified atom stereocenters. The second-order valence-electron chi connectivity index (χ2n) is 6.81. The van der Waals surface area contributed by atoms with E-state index in [1.165, 1.54) is 16.7 Å². The van der Waals surface area contributed by atoms with E-state index in [1.54, 1.807) is 7.05 Å². The van der Waals surface area contributed by atoms with Crippen molar-refractivity contribution in [3.8, 4) is 0 Å². The van der Waals surface area contributed by atoms with E-state index in [2.05, 4.69) is 10.3 Å². The molecule has 0 aliphatic carbocycles. The van der Waals surface area contributed by atoms with Gasteiger partial charge in [0.05, 0.1) is 5.69 Å². The van der Waals surface area contributed by atoms with Gasteiger partial charge < -0.3 is 5.32 Å². The molecule has 5 nitrogen and oxygen atoms in total. The fourth-order valence-electron chi connectivity index (χ4n) is 2.93. The van der Waals surface area contributed by atoms with Crippen LogP contribution in [0.1, 0.15) is 23.1 Å². The third-order valence-corrected chi connectivity index (χ3v) is 5.62. The van der Waals surface area contributed by atoms with Crippen LogP contribution < -0.4 is 5.32 Å². The molecule has 0 spiro atoms. The summed E-state index contributed by atoms with van der Waals surface area (Å²) in [6.45, 7) is 5.97. The van der Waals surface area contributed by atoms with E-state index in [1.807, 2.05) is 63.2 Å². The van der Waals surface area contributed by atoms with E-state index in [0.717, 1.165) is 28.1 Å². The summed E-state index contributed by atoms with van der Waals surface area (Å²) in [7, 11) is 1.70. The average Bonchev–Trinajstić information content (AvgIpc) is 2.85. The van der Waals surface area contributed by atoms with E-state index in [4.69, 9.17) is 0 Å². The van der Waals surface area contributed by atoms with E-state index in [-0.39, 0.29) is 18.2 Å². The number of anilines is 1. The predicted molar refractivity (Wildman–Crippen MR) is 112 cm³/mol. The first-order valence-electron chi connectivity index (χ1n) is 8.80. The van der Waals surface area contributed by atoms with Gasteiger partial charge >= 0.3 is 0 Å². The molecule has 1 N–H and O–H groups in total. The fraction of sp³-hybridized carbons (Fsp3) is 0.286. The van der Waals surface area contributed by atoms with Crippen LogP contribution in [0.25, 0.3) is 0 Å². The van der Waals surface area contributed by atoms with Gasteiger partial charge in [-0.1, -0.05) is 41.6 Å². The maximum Gasteiger partial charge on any atom is 0.242 e. The summed E-state index contributed by atoms with van der Waals surface area (Å²) in [6.07, 6.45) is 0.119. The summed E-state index contributed by atoms with van der Waals surface area (Å²) < 4.78 is 0. The van der Waals surface area contributed by atoms with Crippen molar-refractivity contribution in [2.75, 3.05) is 12.4 Å². The van der Waals surface area contributed by atoms with Crippen molar-refractivity contribution in [1.29, 1.82) is 0 Å². The van der Waals surface area contributed by atoms with Gasteiger partial charge in [0.1, 0.15) is 5.25 Å². The monoisotopic (exact) mass is 381 g/mol. The highest BCUT2D eigenvalue weighted by Gasteiger charge is 2.37. The first kappa shape index (κ1) is 19.2. The summed E-state index contributed by atoms with van der Waals surface area (Å²) in [4.78, 5) is 31.0. The molecule has 1 heterocycles. The van der Waals surface area contributed by atoms with Crippen LogP contribution in [0.3, 0.4) is 0 Å². The number of nitrogens with zero attached hydrogens (tertiary/aromatic N) is 2. The number of hydrogen-bond donors (Lipinski definition) is 1. The lowest BCUT2D eigenvalue weighted by Gasteiger charge is -2.11. The van der Waals surface area contributed by atoms with Crippen LogP contribution in [0.5, 0.6) is 0 Å². The van der Waals surface area contributed by atoms with Gasteiger partial charge in [-0.05, 0) is 50.1 Å². The van der Waals surface area contributed by atoms with Crippen molar-refractivity contribution in [3.63, 3.8) is 0 Å². The van der Waals surface area contributed by atoms with E-state index in [0.29, 0.717) is 5.17 Å². The Morgan fingerprint density at radius 2 is 1.89 bits per heavy atom. The van der Waals surface area contributed by atoms with Gasteiger partial charge in [-0.3, -0.25) is 14.5 Å². The molecule has 3 rings (SSSR count). The third kappa shape index (κ3) is 4.57. The largest absolute Gasteiger partial charge is 0.326 e. The highest BCUT2D eigenvalue weighted by atomic mass is 32.2. The maximum absolute atomic E-state index is 12.5. The highest BCUT2D eigenvalue weighted by Crippen LogP contribution is 2.31. The topological polar surface area (TPSA) is 61.8 Å². The molecule has 0 saturated carbocycles. The summed E-state index contributed by atoms with van der Waals surface area (Å²) in [5, 5.41) is 3.07. The van der Waals surface area contributed by atoms with Gasteiger partial charge in [0.25, 0.3) is 0 Å². The number of amidine groups is 1. The molecule has 6 heteroatoms. The first-order chi connectivity index (χ1) is 12.8. The van der Waals surface area contributed by atoms with Crippen LogP contribution >= 0.6 is 11.8 Å². The highest BCUT2D eigenvalue weighted by molar-refractivity contribution is 8.15. The van der Waals surface area contributed by atoms with Crippen molar-refractivity contribution in [2.24, 2.45) is 4.99 Å². The minimum absolute atomic E-state index is 0.0952. The van der Waals surface area contributed by atoms with Crippen LogP contribution in [0.2, 0.25) is 0 Å². The van der Waals surface area contributed by atoms with Crippen molar-refractivity contribution < 1.29 is 9.59 Å². The van der Waals surface area contributed by atoms with Crippen LogP contribution in [-0.2, 0) is 9.59 Å². The van der Waals surface area contributed by atoms with Gasteiger partial charge in [-0.25, -0.2) is 4.99 Å². The van der Waals surface area contributed by atoms with Gasteiger partial charge in [0.15, 0.2) is 5.17 Å². The van der Waals surface area contributed by atoms with Crippen molar-refractivity contribution >= 4 is 40.1 Å². The van der Waals surface area contributed by atoms with Gasteiger partial charge in [0.2, 0.25) is 11.8 Å². The number of thioether (sulfide) groups is 1. The molecule has 0 aromatic heterocycles. The van der Waals surface area contributed by atoms with Gasteiger partial charge in [-0.2, -0.15) is 0 Å². The zero-order chi connectivity index (χ0) is 19.6. The average molecular weight is 382 g/mol. The SMILES string of the molecule is Cc1cccc(N=C2S[C@@H](CC(=O)Nc3ccc(C)cc3C)C(=O)N2C)c1. The molecule has 1 atom stereocenters. The van der Waals surface area contributed by atoms with Crippen LogP contribution in [0, 0.1) is 20.8 Å². The van der Waals surface area contributed by atoms with Gasteiger partial charge in [0, 0.05) is 19.2 Å². The van der Waals surface area contributed by atoms with Crippen LogP contribution in [0.4, 0.5) is 11.4 Å². The number of amides is 2. The van der Waals surface area contributed by atoms with Crippen molar-refractivity contribution in [2.45, 2.75) is 32.4 Å². The zero-order valence-electron chi connectivity index (χ0n) is 15.9. The molecule has 140 valence electrons. The lowest BCUT2D eigenvalue weighted by atomic mass is 10.1. The Morgan fingerprint density at radius 1 is 1.15 bits per heavy atom. The minimum Gasteiger partial charge on any atom is -0.326 e. The normalized spacial score (nSPS) is 18.2. The second-order valence-corrected chi connectivity index (χ2v) is 7.98. The molecule has 1 aliphatic rings. The molecule has 2 aromatic rings. The Kier molecular flexibility index (Phi) is 5.65. The molecule has 0 bridgehead atoms. The Balaban J connectivity index is 1.68. The molecule has 2 amide bonds. The Bertz CT molecular complexity index is 923. The number of carbonyl (C=O) groups is 2. The van der Waals surface area contributed by atoms with Crippen LogP contribution in [-0.4, -0.2) is 34.2 Å². The number of rotatable bonds is 4. The number of aliphatic imine (C=N–C) groups is 1. The summed E-state index contributed by atoms with van der Waals surface area (Å²) >= 11 is 1.34. The predicted octanol–water partition coefficient (Wildman–Crippen LogP) is 4.20. The molecule has 2 aromatic carbocycles. The minimum atomic E-state index is -0.454. The van der Waals surface area contributed by atoms with Crippen LogP contribution in [0.15, 0.2) is 47.5 Å². The standard InChI is InChI=1S/C21H23N3O2S/c1-13-6-5-7-16(11-13)22-21-24(4)20(26)18(27-21)12-19(25)23-17-9-8-14(2)10-15(17)3/h5-11,18H,12H2,1-4H3,(H,23,25)/t18-/m0/s1. The summed E-state index contributed by atoms with van der Waals surface area (Å²) in [6, 6.07) is 13.7. The summed E-state index contributed by atoms with van der Waals surface area (Å²) in [5.74, 6) is -0.264. The quantitative estimate of drug-likeness (QED) is 0.863. The van der Waals surface area contributed by atoms with E-state index < -0.39 is 5.25 Å². The zero-order valence-corrected chi connectivity index (χ0v) is 16.8. The number of hydrogen-bond acceptors (Lipinski definition) is 4. The van der Waals surface area contributed by atoms with Gasteiger partial charge in [-0.15, -0.1) is 0 Å². The van der Waals surface area contributed by atoms with Crippen molar-refractivity contribution in [1.82, 2.24) is 4.90 Å². The van der Waals surface area contributed by atoms with Crippen molar-refractivity contribution in [3.05, 3.63) is 59.2 Å². The molecule has 1 saturated heterocycles. The molecule has 0 radical (unpaired) electrons. The lowest BCUT2D eigenvalue weighted by Crippen LogP contribution is -2.30. The molecule has 1 fully saturated rings. The number of nitrogens with one attached hydrogen (secondary N) is 1. The Hall–Kier alpha value is -2.60. The molecule has 27 heavy (non-hydrogen) atoms. The Morgan fingerprint density at radius 3 is 2.59 bits per heavy atom. The molecule has 1 aliphatic heterocycles. The maximum atomic E-state index is 12.5. The number of carbonyl (C=O) groups excluding carboxylic acids is 2. The first-order valence-corrected chi connectivity index (χ1v) is 9.68. The second kappa shape index (κ2) is 7.96. The third-order valence-electron chi connectivity index (χ3n) is 4.39. The lowest BCUT2D eigenvalue weighted by molar-refractivity contribution is -0.127. The number of aryl methyl sites for hydroxylation is 3. The molecular formula is C21H23N3O2S. The fourth-order valence-corrected chi connectivity index (χ4v) is 4.08. The van der Waals surface area contributed by atoms with E-state index >= 15 is 0 Å².